The number of ether oxygens (including phenoxy) is 4. The molecule has 1 amide bonds. The van der Waals surface area contributed by atoms with Crippen molar-refractivity contribution >= 4 is 5.91 Å². The molecule has 1 heterocycles. The second-order valence-electron chi connectivity index (χ2n) is 6.74. The van der Waals surface area contributed by atoms with Gasteiger partial charge in [0.1, 0.15) is 19.0 Å². The highest BCUT2D eigenvalue weighted by Crippen LogP contribution is 2.29. The van der Waals surface area contributed by atoms with Crippen LogP contribution in [0.2, 0.25) is 0 Å². The molecule has 3 rings (SSSR count). The number of nitrogens with one attached hydrogen (secondary N) is 1. The van der Waals surface area contributed by atoms with Gasteiger partial charge in [-0.1, -0.05) is 18.7 Å². The van der Waals surface area contributed by atoms with Gasteiger partial charge in [-0.15, -0.1) is 0 Å². The Morgan fingerprint density at radius 2 is 2.03 bits per heavy atom. The molecule has 1 unspecified atom stereocenters. The molecule has 0 aliphatic carbocycles. The number of amides is 1. The van der Waals surface area contributed by atoms with Gasteiger partial charge in [-0.05, 0) is 54.8 Å². The normalized spacial score (nSPS) is 15.6. The number of hydrogen-bond acceptors (Lipinski definition) is 5. The van der Waals surface area contributed by atoms with Gasteiger partial charge in [0.05, 0.1) is 13.2 Å². The molecule has 2 aromatic rings. The second-order valence-corrected chi connectivity index (χ2v) is 6.74. The van der Waals surface area contributed by atoms with Gasteiger partial charge >= 0.3 is 0 Å². The van der Waals surface area contributed by atoms with Crippen molar-refractivity contribution in [1.82, 2.24) is 5.32 Å². The number of rotatable bonds is 10. The van der Waals surface area contributed by atoms with E-state index in [1.807, 2.05) is 18.2 Å². The number of hydrogen-bond donors (Lipinski definition) is 1. The maximum absolute atomic E-state index is 12.4. The summed E-state index contributed by atoms with van der Waals surface area (Å²) in [6.07, 6.45) is 3.92. The van der Waals surface area contributed by atoms with Crippen molar-refractivity contribution in [2.75, 3.05) is 26.9 Å². The molecule has 0 saturated carbocycles. The number of methoxy groups -OCH3 is 1. The van der Waals surface area contributed by atoms with Gasteiger partial charge in [0.2, 0.25) is 0 Å². The fraction of sp³-hybridized carbons (Fsp3) is 0.348. The predicted octanol–water partition coefficient (Wildman–Crippen LogP) is 3.75. The van der Waals surface area contributed by atoms with Gasteiger partial charge in [-0.25, -0.2) is 0 Å². The van der Waals surface area contributed by atoms with E-state index in [0.717, 1.165) is 25.0 Å². The molecular weight excluding hydrogens is 370 g/mol. The zero-order valence-electron chi connectivity index (χ0n) is 16.7. The van der Waals surface area contributed by atoms with E-state index in [4.69, 9.17) is 18.9 Å². The van der Waals surface area contributed by atoms with Crippen LogP contribution in [-0.4, -0.2) is 38.9 Å². The third-order valence-electron chi connectivity index (χ3n) is 4.61. The quantitative estimate of drug-likeness (QED) is 0.619. The molecule has 6 heteroatoms. The third kappa shape index (κ3) is 5.99. The lowest BCUT2D eigenvalue weighted by molar-refractivity contribution is 0.0669. The molecule has 0 bridgehead atoms. The van der Waals surface area contributed by atoms with E-state index in [1.165, 1.54) is 0 Å². The molecule has 1 atom stereocenters. The summed E-state index contributed by atoms with van der Waals surface area (Å²) >= 11 is 0. The lowest BCUT2D eigenvalue weighted by Gasteiger charge is -2.15. The highest BCUT2D eigenvalue weighted by Gasteiger charge is 2.17. The maximum atomic E-state index is 12.4. The molecule has 0 spiro atoms. The van der Waals surface area contributed by atoms with Crippen LogP contribution in [0, 0.1) is 0 Å². The molecule has 1 fully saturated rings. The summed E-state index contributed by atoms with van der Waals surface area (Å²) in [5.74, 6) is 1.86. The lowest BCUT2D eigenvalue weighted by atomic mass is 10.1. The van der Waals surface area contributed by atoms with Crippen LogP contribution < -0.4 is 19.5 Å². The molecule has 154 valence electrons. The van der Waals surface area contributed by atoms with Crippen molar-refractivity contribution in [3.05, 3.63) is 66.2 Å². The minimum atomic E-state index is -0.155. The summed E-state index contributed by atoms with van der Waals surface area (Å²) in [5, 5.41) is 2.91. The van der Waals surface area contributed by atoms with E-state index < -0.39 is 0 Å². The lowest BCUT2D eigenvalue weighted by Crippen LogP contribution is -2.22. The van der Waals surface area contributed by atoms with Gasteiger partial charge < -0.3 is 24.3 Å². The van der Waals surface area contributed by atoms with Gasteiger partial charge in [0.25, 0.3) is 5.91 Å². The third-order valence-corrected chi connectivity index (χ3v) is 4.61. The van der Waals surface area contributed by atoms with Crippen molar-refractivity contribution in [2.45, 2.75) is 25.5 Å². The molecular formula is C23H27NO5. The van der Waals surface area contributed by atoms with E-state index in [-0.39, 0.29) is 12.0 Å². The van der Waals surface area contributed by atoms with Crippen LogP contribution in [0.3, 0.4) is 0 Å². The molecule has 6 nitrogen and oxygen atoms in total. The maximum Gasteiger partial charge on any atom is 0.251 e. The number of carbonyl (C=O) groups excluding carboxylic acids is 1. The second kappa shape index (κ2) is 10.5. The number of benzene rings is 2. The summed E-state index contributed by atoms with van der Waals surface area (Å²) in [5.41, 5.74) is 1.49. The monoisotopic (exact) mass is 397 g/mol. The first-order chi connectivity index (χ1) is 14.2. The van der Waals surface area contributed by atoms with Crippen molar-refractivity contribution < 1.29 is 23.7 Å². The van der Waals surface area contributed by atoms with E-state index in [2.05, 4.69) is 11.9 Å². The van der Waals surface area contributed by atoms with Crippen LogP contribution in [-0.2, 0) is 11.3 Å². The molecule has 29 heavy (non-hydrogen) atoms. The fourth-order valence-corrected chi connectivity index (χ4v) is 3.04. The number of carbonyl (C=O) groups is 1. The minimum absolute atomic E-state index is 0.146. The summed E-state index contributed by atoms with van der Waals surface area (Å²) in [4.78, 5) is 12.4. The van der Waals surface area contributed by atoms with Crippen LogP contribution in [0.15, 0.2) is 55.1 Å². The summed E-state index contributed by atoms with van der Waals surface area (Å²) < 4.78 is 22.3. The molecule has 1 N–H and O–H groups in total. The van der Waals surface area contributed by atoms with E-state index >= 15 is 0 Å². The first-order valence-corrected chi connectivity index (χ1v) is 9.73. The molecule has 2 aromatic carbocycles. The minimum Gasteiger partial charge on any atom is -0.493 e. The van der Waals surface area contributed by atoms with Crippen molar-refractivity contribution in [2.24, 2.45) is 0 Å². The zero-order chi connectivity index (χ0) is 20.5. The predicted molar refractivity (Wildman–Crippen MR) is 111 cm³/mol. The van der Waals surface area contributed by atoms with Crippen LogP contribution in [0.5, 0.6) is 17.2 Å². The smallest absolute Gasteiger partial charge is 0.251 e. The van der Waals surface area contributed by atoms with Crippen molar-refractivity contribution in [3.63, 3.8) is 0 Å². The molecule has 0 radical (unpaired) electrons. The summed E-state index contributed by atoms with van der Waals surface area (Å²) in [6, 6.07) is 12.6. The summed E-state index contributed by atoms with van der Waals surface area (Å²) in [7, 11) is 1.60. The SMILES string of the molecule is C=CCOc1ccc(C(=O)NCc2ccc(OCC3CCCO3)c(OC)c2)cc1. The Bertz CT molecular complexity index is 813. The average Bonchev–Trinajstić information content (AvgIpc) is 3.28. The van der Waals surface area contributed by atoms with Gasteiger partial charge in [-0.2, -0.15) is 0 Å². The Labute approximate surface area is 171 Å². The molecule has 1 aliphatic rings. The van der Waals surface area contributed by atoms with Crippen LogP contribution in [0.1, 0.15) is 28.8 Å². The van der Waals surface area contributed by atoms with E-state index in [0.29, 0.717) is 42.6 Å². The summed E-state index contributed by atoms with van der Waals surface area (Å²) in [6.45, 7) is 5.74. The van der Waals surface area contributed by atoms with Crippen molar-refractivity contribution in [1.29, 1.82) is 0 Å². The first-order valence-electron chi connectivity index (χ1n) is 9.73. The Morgan fingerprint density at radius 1 is 1.21 bits per heavy atom. The average molecular weight is 397 g/mol. The molecule has 1 saturated heterocycles. The Kier molecular flexibility index (Phi) is 7.53. The molecule has 0 aromatic heterocycles. The standard InChI is InChI=1S/C23H27NO5/c1-3-12-27-19-9-7-18(8-10-19)23(25)24-15-17-6-11-21(22(14-17)26-2)29-16-20-5-4-13-28-20/h3,6-11,14,20H,1,4-5,12-13,15-16H2,2H3,(H,24,25). The largest absolute Gasteiger partial charge is 0.493 e. The van der Waals surface area contributed by atoms with Gasteiger partial charge in [-0.3, -0.25) is 4.79 Å². The van der Waals surface area contributed by atoms with Gasteiger partial charge in [0.15, 0.2) is 11.5 Å². The Morgan fingerprint density at radius 3 is 2.72 bits per heavy atom. The zero-order valence-corrected chi connectivity index (χ0v) is 16.7. The highest BCUT2D eigenvalue weighted by atomic mass is 16.5. The van der Waals surface area contributed by atoms with E-state index in [1.54, 1.807) is 37.5 Å². The Hall–Kier alpha value is -2.99. The fourth-order valence-electron chi connectivity index (χ4n) is 3.04. The van der Waals surface area contributed by atoms with Crippen LogP contribution >= 0.6 is 0 Å². The van der Waals surface area contributed by atoms with Crippen molar-refractivity contribution in [3.8, 4) is 17.2 Å². The van der Waals surface area contributed by atoms with Crippen LogP contribution in [0.25, 0.3) is 0 Å². The first kappa shape index (κ1) is 20.7. The molecule has 1 aliphatic heterocycles. The topological polar surface area (TPSA) is 66.0 Å². The van der Waals surface area contributed by atoms with Gasteiger partial charge in [0, 0.05) is 18.7 Å². The Balaban J connectivity index is 1.53. The highest BCUT2D eigenvalue weighted by molar-refractivity contribution is 5.94. The van der Waals surface area contributed by atoms with E-state index in [9.17, 15) is 4.79 Å². The van der Waals surface area contributed by atoms with Crippen LogP contribution in [0.4, 0.5) is 0 Å².